The van der Waals surface area contributed by atoms with Crippen molar-refractivity contribution in [2.24, 2.45) is 17.4 Å². The molecule has 1 saturated carbocycles. The Morgan fingerprint density at radius 2 is 2.00 bits per heavy atom. The van der Waals surface area contributed by atoms with E-state index in [4.69, 9.17) is 16.9 Å². The summed E-state index contributed by atoms with van der Waals surface area (Å²) in [5.74, 6) is 0.594. The lowest BCUT2D eigenvalue weighted by molar-refractivity contribution is 0.342. The standard InChI is InChI=1S/C5H11N3/c6-4-1-3(2-4)5(7)8/h3-4H,1-2,6H2,(H3,7,8). The molecule has 0 saturated heterocycles. The Labute approximate surface area is 48.6 Å². The van der Waals surface area contributed by atoms with Crippen molar-refractivity contribution < 1.29 is 0 Å². The number of nitrogens with one attached hydrogen (secondary N) is 1. The monoisotopic (exact) mass is 113 g/mol. The zero-order valence-electron chi connectivity index (χ0n) is 4.72. The Morgan fingerprint density at radius 3 is 2.12 bits per heavy atom. The Bertz CT molecular complexity index is 104. The third kappa shape index (κ3) is 0.816. The Morgan fingerprint density at radius 1 is 1.50 bits per heavy atom. The molecule has 3 nitrogen and oxygen atoms in total. The zero-order valence-corrected chi connectivity index (χ0v) is 4.72. The van der Waals surface area contributed by atoms with Crippen LogP contribution in [0.25, 0.3) is 0 Å². The largest absolute Gasteiger partial charge is 0.387 e. The van der Waals surface area contributed by atoms with Crippen LogP contribution in [-0.4, -0.2) is 11.9 Å². The fourth-order valence-electron chi connectivity index (χ4n) is 0.916. The SMILES string of the molecule is N=C(N)C1CC(N)C1. The summed E-state index contributed by atoms with van der Waals surface area (Å²) in [6, 6.07) is 0.309. The van der Waals surface area contributed by atoms with Gasteiger partial charge in [-0.05, 0) is 12.8 Å². The summed E-state index contributed by atoms with van der Waals surface area (Å²) >= 11 is 0. The molecule has 0 amide bonds. The first kappa shape index (κ1) is 5.56. The molecule has 3 heteroatoms. The van der Waals surface area contributed by atoms with E-state index in [1.807, 2.05) is 0 Å². The van der Waals surface area contributed by atoms with Gasteiger partial charge >= 0.3 is 0 Å². The fourth-order valence-corrected chi connectivity index (χ4v) is 0.916. The molecule has 0 aromatic rings. The average Bonchev–Trinajstić information content (AvgIpc) is 1.57. The van der Waals surface area contributed by atoms with Crippen LogP contribution in [0, 0.1) is 11.3 Å². The molecule has 1 aliphatic rings. The zero-order chi connectivity index (χ0) is 6.15. The van der Waals surface area contributed by atoms with Crippen molar-refractivity contribution in [2.75, 3.05) is 0 Å². The van der Waals surface area contributed by atoms with Crippen molar-refractivity contribution in [1.82, 2.24) is 0 Å². The van der Waals surface area contributed by atoms with Crippen LogP contribution in [0.2, 0.25) is 0 Å². The van der Waals surface area contributed by atoms with Crippen molar-refractivity contribution in [3.63, 3.8) is 0 Å². The molecule has 0 atom stereocenters. The summed E-state index contributed by atoms with van der Waals surface area (Å²) in [5.41, 5.74) is 10.6. The van der Waals surface area contributed by atoms with E-state index in [-0.39, 0.29) is 0 Å². The van der Waals surface area contributed by atoms with Gasteiger partial charge in [-0.3, -0.25) is 5.41 Å². The third-order valence-electron chi connectivity index (χ3n) is 1.61. The van der Waals surface area contributed by atoms with E-state index in [0.29, 0.717) is 17.8 Å². The minimum atomic E-state index is 0.296. The van der Waals surface area contributed by atoms with Gasteiger partial charge in [0, 0.05) is 12.0 Å². The van der Waals surface area contributed by atoms with Gasteiger partial charge in [0.25, 0.3) is 0 Å². The molecule has 5 N–H and O–H groups in total. The highest BCUT2D eigenvalue weighted by molar-refractivity contribution is 5.80. The van der Waals surface area contributed by atoms with Crippen LogP contribution in [0.4, 0.5) is 0 Å². The van der Waals surface area contributed by atoms with Crippen LogP contribution < -0.4 is 11.5 Å². The van der Waals surface area contributed by atoms with Crippen molar-refractivity contribution in [3.05, 3.63) is 0 Å². The molecule has 8 heavy (non-hydrogen) atoms. The molecule has 0 aromatic heterocycles. The molecule has 0 bridgehead atoms. The first-order valence-corrected chi connectivity index (χ1v) is 2.79. The molecule has 0 unspecified atom stereocenters. The Hall–Kier alpha value is -0.570. The van der Waals surface area contributed by atoms with Crippen LogP contribution in [0.15, 0.2) is 0 Å². The summed E-state index contributed by atoms with van der Waals surface area (Å²) < 4.78 is 0. The van der Waals surface area contributed by atoms with Gasteiger partial charge in [-0.2, -0.15) is 0 Å². The second kappa shape index (κ2) is 1.74. The first-order valence-electron chi connectivity index (χ1n) is 2.79. The maximum absolute atomic E-state index is 6.96. The molecule has 1 fully saturated rings. The summed E-state index contributed by atoms with van der Waals surface area (Å²) in [4.78, 5) is 0. The van der Waals surface area contributed by atoms with Crippen molar-refractivity contribution >= 4 is 5.84 Å². The minimum absolute atomic E-state index is 0.296. The van der Waals surface area contributed by atoms with Gasteiger partial charge in [0.05, 0.1) is 5.84 Å². The summed E-state index contributed by atoms with van der Waals surface area (Å²) in [5, 5.41) is 6.96. The number of nitrogens with two attached hydrogens (primary N) is 2. The second-order valence-corrected chi connectivity index (χ2v) is 2.38. The van der Waals surface area contributed by atoms with E-state index in [2.05, 4.69) is 0 Å². The minimum Gasteiger partial charge on any atom is -0.387 e. The Balaban J connectivity index is 2.25. The molecular weight excluding hydrogens is 102 g/mol. The van der Waals surface area contributed by atoms with Crippen LogP contribution >= 0.6 is 0 Å². The van der Waals surface area contributed by atoms with E-state index in [1.54, 1.807) is 0 Å². The second-order valence-electron chi connectivity index (χ2n) is 2.38. The van der Waals surface area contributed by atoms with Crippen LogP contribution in [0.1, 0.15) is 12.8 Å². The van der Waals surface area contributed by atoms with E-state index in [0.717, 1.165) is 12.8 Å². The van der Waals surface area contributed by atoms with Gasteiger partial charge in [0.2, 0.25) is 0 Å². The smallest absolute Gasteiger partial charge is 0.0938 e. The molecule has 0 radical (unpaired) electrons. The van der Waals surface area contributed by atoms with Crippen molar-refractivity contribution in [3.8, 4) is 0 Å². The summed E-state index contributed by atoms with van der Waals surface area (Å²) in [6.45, 7) is 0. The number of hydrogen-bond donors (Lipinski definition) is 3. The molecule has 0 aromatic carbocycles. The van der Waals surface area contributed by atoms with Gasteiger partial charge in [0.15, 0.2) is 0 Å². The Kier molecular flexibility index (Phi) is 1.21. The third-order valence-corrected chi connectivity index (χ3v) is 1.61. The lowest BCUT2D eigenvalue weighted by atomic mass is 9.80. The van der Waals surface area contributed by atoms with E-state index >= 15 is 0 Å². The molecule has 1 rings (SSSR count). The predicted molar refractivity (Wildman–Crippen MR) is 32.6 cm³/mol. The van der Waals surface area contributed by atoms with Crippen LogP contribution in [0.5, 0.6) is 0 Å². The van der Waals surface area contributed by atoms with E-state index in [9.17, 15) is 0 Å². The van der Waals surface area contributed by atoms with Gasteiger partial charge < -0.3 is 11.5 Å². The first-order chi connectivity index (χ1) is 3.70. The maximum atomic E-state index is 6.96. The molecule has 46 valence electrons. The van der Waals surface area contributed by atoms with Gasteiger partial charge in [-0.15, -0.1) is 0 Å². The molecular formula is C5H11N3. The van der Waals surface area contributed by atoms with Gasteiger partial charge in [0.1, 0.15) is 0 Å². The van der Waals surface area contributed by atoms with E-state index < -0.39 is 0 Å². The lowest BCUT2D eigenvalue weighted by Gasteiger charge is -2.30. The van der Waals surface area contributed by atoms with E-state index in [1.165, 1.54) is 0 Å². The van der Waals surface area contributed by atoms with Crippen LogP contribution in [-0.2, 0) is 0 Å². The maximum Gasteiger partial charge on any atom is 0.0938 e. The quantitative estimate of drug-likeness (QED) is 0.321. The predicted octanol–water partition coefficient (Wildman–Crippen LogP) is -0.340. The highest BCUT2D eigenvalue weighted by Crippen LogP contribution is 2.24. The number of amidine groups is 1. The summed E-state index contributed by atoms with van der Waals surface area (Å²) in [6.07, 6.45) is 1.82. The van der Waals surface area contributed by atoms with Crippen molar-refractivity contribution in [1.29, 1.82) is 5.41 Å². The molecule has 0 spiro atoms. The van der Waals surface area contributed by atoms with Crippen molar-refractivity contribution in [2.45, 2.75) is 18.9 Å². The van der Waals surface area contributed by atoms with Gasteiger partial charge in [-0.1, -0.05) is 0 Å². The topological polar surface area (TPSA) is 75.9 Å². The average molecular weight is 113 g/mol. The van der Waals surface area contributed by atoms with Gasteiger partial charge in [-0.25, -0.2) is 0 Å². The number of rotatable bonds is 1. The fraction of sp³-hybridized carbons (Fsp3) is 0.800. The summed E-state index contributed by atoms with van der Waals surface area (Å²) in [7, 11) is 0. The normalized spacial score (nSPS) is 36.1. The molecule has 0 aliphatic heterocycles. The highest BCUT2D eigenvalue weighted by Gasteiger charge is 2.27. The highest BCUT2D eigenvalue weighted by atomic mass is 14.8. The lowest BCUT2D eigenvalue weighted by Crippen LogP contribution is -2.42. The van der Waals surface area contributed by atoms with Crippen LogP contribution in [0.3, 0.4) is 0 Å². The molecule has 1 aliphatic carbocycles. The molecule has 0 heterocycles. The number of hydrogen-bond acceptors (Lipinski definition) is 2.